The van der Waals surface area contributed by atoms with Crippen LogP contribution in [0.25, 0.3) is 10.2 Å². The van der Waals surface area contributed by atoms with Gasteiger partial charge in [-0.15, -0.1) is 11.3 Å². The first kappa shape index (κ1) is 23.3. The lowest BCUT2D eigenvalue weighted by Crippen LogP contribution is -2.44. The van der Waals surface area contributed by atoms with Crippen LogP contribution in [0.4, 0.5) is 18.0 Å². The number of rotatable bonds is 4. The molecule has 1 saturated heterocycles. The number of halogens is 3. The molecule has 1 aliphatic heterocycles. The largest absolute Gasteiger partial charge is 0.489 e. The van der Waals surface area contributed by atoms with Gasteiger partial charge in [0.15, 0.2) is 5.78 Å². The van der Waals surface area contributed by atoms with Gasteiger partial charge in [-0.3, -0.25) is 4.79 Å². The predicted molar refractivity (Wildman–Crippen MR) is 111 cm³/mol. The summed E-state index contributed by atoms with van der Waals surface area (Å²) >= 11 is 0.938. The molecule has 0 spiro atoms. The lowest BCUT2D eigenvalue weighted by molar-refractivity contribution is -0.126. The highest BCUT2D eigenvalue weighted by Gasteiger charge is 2.31. The molecule has 2 aromatic rings. The fourth-order valence-corrected chi connectivity index (χ4v) is 4.36. The molecule has 2 aromatic heterocycles. The number of ketones is 1. The third kappa shape index (κ3) is 6.09. The zero-order valence-corrected chi connectivity index (χ0v) is 18.7. The SMILES string of the molecule is CC(=O)c1cnc2sc(CC(F)(F)F)cc2c1OC1CCN(C(=O)OC(C)(C)C)CC1. The summed E-state index contributed by atoms with van der Waals surface area (Å²) < 4.78 is 49.9. The van der Waals surface area contributed by atoms with Gasteiger partial charge in [0.1, 0.15) is 22.3 Å². The average molecular weight is 459 g/mol. The summed E-state index contributed by atoms with van der Waals surface area (Å²) in [5.74, 6) is -0.0166. The van der Waals surface area contributed by atoms with Crippen molar-refractivity contribution in [1.82, 2.24) is 9.88 Å². The summed E-state index contributed by atoms with van der Waals surface area (Å²) in [6.07, 6.45) is -3.69. The van der Waals surface area contributed by atoms with E-state index in [1.165, 1.54) is 19.2 Å². The second kappa shape index (κ2) is 8.64. The monoisotopic (exact) mass is 458 g/mol. The number of ether oxygens (including phenoxy) is 2. The van der Waals surface area contributed by atoms with E-state index in [2.05, 4.69) is 4.98 Å². The van der Waals surface area contributed by atoms with Crippen LogP contribution in [-0.2, 0) is 11.2 Å². The van der Waals surface area contributed by atoms with E-state index in [4.69, 9.17) is 9.47 Å². The molecular formula is C21H25F3N2O4S. The Morgan fingerprint density at radius 2 is 1.87 bits per heavy atom. The lowest BCUT2D eigenvalue weighted by atomic mass is 10.1. The molecule has 0 aromatic carbocycles. The topological polar surface area (TPSA) is 68.7 Å². The highest BCUT2D eigenvalue weighted by Crippen LogP contribution is 2.38. The van der Waals surface area contributed by atoms with Crippen LogP contribution >= 0.6 is 11.3 Å². The second-order valence-corrected chi connectivity index (χ2v) is 9.68. The Bertz CT molecular complexity index is 973. The summed E-state index contributed by atoms with van der Waals surface area (Å²) in [5, 5.41) is 0.409. The summed E-state index contributed by atoms with van der Waals surface area (Å²) in [5.41, 5.74) is -0.352. The van der Waals surface area contributed by atoms with Crippen LogP contribution in [0.2, 0.25) is 0 Å². The molecule has 10 heteroatoms. The van der Waals surface area contributed by atoms with Crippen LogP contribution < -0.4 is 4.74 Å². The van der Waals surface area contributed by atoms with Crippen molar-refractivity contribution in [3.8, 4) is 5.75 Å². The number of carbonyl (C=O) groups is 2. The number of pyridine rings is 1. The van der Waals surface area contributed by atoms with Gasteiger partial charge in [0.25, 0.3) is 0 Å². The van der Waals surface area contributed by atoms with Crippen molar-refractivity contribution in [3.05, 3.63) is 22.7 Å². The minimum Gasteiger partial charge on any atom is -0.489 e. The summed E-state index contributed by atoms with van der Waals surface area (Å²) in [4.78, 5) is 30.6. The van der Waals surface area contributed by atoms with E-state index < -0.39 is 24.3 Å². The van der Waals surface area contributed by atoms with Gasteiger partial charge in [-0.25, -0.2) is 9.78 Å². The molecule has 0 bridgehead atoms. The van der Waals surface area contributed by atoms with Crippen molar-refractivity contribution in [2.24, 2.45) is 0 Å². The molecule has 1 fully saturated rings. The van der Waals surface area contributed by atoms with Gasteiger partial charge >= 0.3 is 12.3 Å². The van der Waals surface area contributed by atoms with Crippen LogP contribution in [0.15, 0.2) is 12.3 Å². The van der Waals surface area contributed by atoms with Crippen molar-refractivity contribution < 1.29 is 32.2 Å². The fraction of sp³-hybridized carbons (Fsp3) is 0.571. The average Bonchev–Trinajstić information content (AvgIpc) is 3.01. The molecule has 170 valence electrons. The van der Waals surface area contributed by atoms with Crippen LogP contribution in [0.5, 0.6) is 5.75 Å². The number of hydrogen-bond donors (Lipinski definition) is 0. The normalized spacial score (nSPS) is 15.9. The Hall–Kier alpha value is -2.36. The number of Topliss-reactive ketones (excluding diaryl/α,β-unsaturated/α-hetero) is 1. The molecule has 0 aliphatic carbocycles. The number of thiophene rings is 1. The molecule has 31 heavy (non-hydrogen) atoms. The first-order valence-electron chi connectivity index (χ1n) is 9.96. The maximum atomic E-state index is 12.8. The van der Waals surface area contributed by atoms with E-state index in [9.17, 15) is 22.8 Å². The predicted octanol–water partition coefficient (Wildman–Crippen LogP) is 5.38. The van der Waals surface area contributed by atoms with Crippen molar-refractivity contribution in [2.45, 2.75) is 64.8 Å². The summed E-state index contributed by atoms with van der Waals surface area (Å²) in [6, 6.07) is 1.40. The first-order valence-corrected chi connectivity index (χ1v) is 10.8. The Kier molecular flexibility index (Phi) is 6.50. The van der Waals surface area contributed by atoms with E-state index >= 15 is 0 Å². The first-order chi connectivity index (χ1) is 14.3. The summed E-state index contributed by atoms with van der Waals surface area (Å²) in [6.45, 7) is 7.61. The number of fused-ring (bicyclic) bond motifs is 1. The molecule has 1 aliphatic rings. The Morgan fingerprint density at radius 3 is 2.42 bits per heavy atom. The van der Waals surface area contributed by atoms with Crippen molar-refractivity contribution >= 4 is 33.4 Å². The van der Waals surface area contributed by atoms with Crippen LogP contribution in [0.1, 0.15) is 55.8 Å². The van der Waals surface area contributed by atoms with E-state index in [-0.39, 0.29) is 28.1 Å². The van der Waals surface area contributed by atoms with Crippen molar-refractivity contribution in [1.29, 1.82) is 0 Å². The number of hydrogen-bond acceptors (Lipinski definition) is 6. The molecule has 6 nitrogen and oxygen atoms in total. The Balaban J connectivity index is 1.78. The molecule has 0 saturated carbocycles. The van der Waals surface area contributed by atoms with Gasteiger partial charge in [-0.1, -0.05) is 0 Å². The molecule has 0 N–H and O–H groups in total. The third-order valence-corrected chi connectivity index (χ3v) is 5.74. The minimum atomic E-state index is -4.33. The smallest absolute Gasteiger partial charge is 0.410 e. The number of alkyl halides is 3. The number of carbonyl (C=O) groups excluding carboxylic acids is 2. The molecule has 0 radical (unpaired) electrons. The van der Waals surface area contributed by atoms with Gasteiger partial charge in [-0.05, 0) is 33.8 Å². The van der Waals surface area contributed by atoms with Crippen LogP contribution in [0, 0.1) is 0 Å². The van der Waals surface area contributed by atoms with Crippen molar-refractivity contribution in [2.75, 3.05) is 13.1 Å². The Labute approximate surface area is 182 Å². The molecule has 3 rings (SSSR count). The fourth-order valence-electron chi connectivity index (χ4n) is 3.33. The zero-order valence-electron chi connectivity index (χ0n) is 17.8. The third-order valence-electron chi connectivity index (χ3n) is 4.70. The maximum Gasteiger partial charge on any atom is 0.410 e. The molecule has 3 heterocycles. The highest BCUT2D eigenvalue weighted by molar-refractivity contribution is 7.18. The van der Waals surface area contributed by atoms with E-state index in [1.807, 2.05) is 0 Å². The maximum absolute atomic E-state index is 12.8. The zero-order chi connectivity index (χ0) is 23.0. The van der Waals surface area contributed by atoms with Gasteiger partial charge in [0, 0.05) is 37.0 Å². The van der Waals surface area contributed by atoms with Gasteiger partial charge in [-0.2, -0.15) is 13.2 Å². The number of aromatic nitrogens is 1. The molecule has 1 amide bonds. The van der Waals surface area contributed by atoms with Gasteiger partial charge < -0.3 is 14.4 Å². The van der Waals surface area contributed by atoms with Gasteiger partial charge in [0.05, 0.1) is 17.4 Å². The standard InChI is InChI=1S/C21H25F3N2O4S/c1-12(27)16-11-25-18-15(9-14(31-18)10-21(22,23)24)17(16)29-13-5-7-26(8-6-13)19(28)30-20(2,3)4/h9,11,13H,5-8,10H2,1-4H3. The molecule has 0 unspecified atom stereocenters. The van der Waals surface area contributed by atoms with E-state index in [1.54, 1.807) is 25.7 Å². The van der Waals surface area contributed by atoms with Crippen LogP contribution in [0.3, 0.4) is 0 Å². The number of likely N-dealkylation sites (tertiary alicyclic amines) is 1. The second-order valence-electron chi connectivity index (χ2n) is 8.57. The highest BCUT2D eigenvalue weighted by atomic mass is 32.1. The van der Waals surface area contributed by atoms with E-state index in [0.717, 1.165) is 11.3 Å². The number of nitrogens with zero attached hydrogens (tertiary/aromatic N) is 2. The van der Waals surface area contributed by atoms with Crippen LogP contribution in [-0.4, -0.2) is 52.7 Å². The Morgan fingerprint density at radius 1 is 1.23 bits per heavy atom. The minimum absolute atomic E-state index is 0.111. The molecular weight excluding hydrogens is 433 g/mol. The molecule has 0 atom stereocenters. The number of amides is 1. The van der Waals surface area contributed by atoms with Crippen molar-refractivity contribution in [3.63, 3.8) is 0 Å². The lowest BCUT2D eigenvalue weighted by Gasteiger charge is -2.33. The van der Waals surface area contributed by atoms with E-state index in [0.29, 0.717) is 36.1 Å². The number of piperidine rings is 1. The quantitative estimate of drug-likeness (QED) is 0.575. The van der Waals surface area contributed by atoms with Gasteiger partial charge in [0.2, 0.25) is 0 Å². The summed E-state index contributed by atoms with van der Waals surface area (Å²) in [7, 11) is 0.